The third kappa shape index (κ3) is 2.97. The maximum Gasteiger partial charge on any atom is 0.433 e. The summed E-state index contributed by atoms with van der Waals surface area (Å²) in [7, 11) is -4.17. The van der Waals surface area contributed by atoms with Crippen LogP contribution < -0.4 is 5.14 Å². The van der Waals surface area contributed by atoms with Crippen LogP contribution in [0.5, 0.6) is 0 Å². The Balaban J connectivity index is 2.01. The number of benzene rings is 1. The van der Waals surface area contributed by atoms with Crippen molar-refractivity contribution in [2.45, 2.75) is 11.1 Å². The molecule has 3 N–H and O–H groups in total. The average molecular weight is 410 g/mol. The lowest BCUT2D eigenvalue weighted by molar-refractivity contribution is -0.141. The van der Waals surface area contributed by atoms with E-state index in [2.05, 4.69) is 30.6 Å². The normalized spacial score (nSPS) is 12.6. The molecular weight excluding hydrogens is 401 g/mol. The highest BCUT2D eigenvalue weighted by Crippen LogP contribution is 2.35. The van der Waals surface area contributed by atoms with Crippen molar-refractivity contribution in [1.29, 1.82) is 0 Å². The number of fused-ring (bicyclic) bond motifs is 1. The molecule has 14 heteroatoms. The van der Waals surface area contributed by atoms with Crippen molar-refractivity contribution in [1.82, 2.24) is 35.0 Å². The maximum atomic E-state index is 12.9. The number of rotatable bonds is 3. The summed E-state index contributed by atoms with van der Waals surface area (Å²) in [6, 6.07) is 5.00. The van der Waals surface area contributed by atoms with Crippen LogP contribution >= 0.6 is 0 Å². The highest BCUT2D eigenvalue weighted by Gasteiger charge is 2.33. The SMILES string of the molecule is NS(=O)(=O)c1cccc(-c2cnc3nc(C(F)(F)F)ccn23)c1-c1nn[nH]n1. The Morgan fingerprint density at radius 2 is 1.96 bits per heavy atom. The van der Waals surface area contributed by atoms with E-state index in [9.17, 15) is 21.6 Å². The van der Waals surface area contributed by atoms with Crippen molar-refractivity contribution in [3.63, 3.8) is 0 Å². The number of hydrogen-bond donors (Lipinski definition) is 2. The molecule has 28 heavy (non-hydrogen) atoms. The van der Waals surface area contributed by atoms with Crippen molar-refractivity contribution in [3.05, 3.63) is 42.4 Å². The first-order valence-electron chi connectivity index (χ1n) is 7.47. The molecule has 3 aromatic heterocycles. The predicted molar refractivity (Wildman–Crippen MR) is 88.0 cm³/mol. The van der Waals surface area contributed by atoms with Gasteiger partial charge in [-0.15, -0.1) is 10.2 Å². The molecule has 0 saturated carbocycles. The molecule has 0 saturated heterocycles. The zero-order valence-electron chi connectivity index (χ0n) is 13.6. The van der Waals surface area contributed by atoms with E-state index in [1.807, 2.05) is 0 Å². The number of aromatic nitrogens is 7. The first-order chi connectivity index (χ1) is 13.2. The molecule has 10 nitrogen and oxygen atoms in total. The van der Waals surface area contributed by atoms with Gasteiger partial charge >= 0.3 is 6.18 Å². The first-order valence-corrected chi connectivity index (χ1v) is 9.02. The summed E-state index contributed by atoms with van der Waals surface area (Å²) < 4.78 is 63.9. The maximum absolute atomic E-state index is 12.9. The minimum absolute atomic E-state index is 0.0282. The van der Waals surface area contributed by atoms with Gasteiger partial charge in [0.1, 0.15) is 5.69 Å². The van der Waals surface area contributed by atoms with E-state index in [-0.39, 0.29) is 33.3 Å². The minimum atomic E-state index is -4.63. The van der Waals surface area contributed by atoms with Gasteiger partial charge in [-0.3, -0.25) is 4.40 Å². The third-order valence-electron chi connectivity index (χ3n) is 3.85. The van der Waals surface area contributed by atoms with Gasteiger partial charge in [0.25, 0.3) is 0 Å². The third-order valence-corrected chi connectivity index (χ3v) is 4.80. The summed E-state index contributed by atoms with van der Waals surface area (Å²) in [6.45, 7) is 0. The van der Waals surface area contributed by atoms with Gasteiger partial charge in [-0.2, -0.15) is 18.4 Å². The van der Waals surface area contributed by atoms with Crippen LogP contribution in [0.15, 0.2) is 41.6 Å². The Hall–Kier alpha value is -3.39. The van der Waals surface area contributed by atoms with Gasteiger partial charge < -0.3 is 0 Å². The van der Waals surface area contributed by atoms with Crippen molar-refractivity contribution in [2.75, 3.05) is 0 Å². The number of tetrazole rings is 1. The Labute approximate surface area is 154 Å². The number of halogens is 3. The standard InChI is InChI=1S/C14H9F3N8O2S/c15-14(16,17)10-4-5-25-8(6-19-13(25)20-10)7-2-1-3-9(28(18,26)27)11(7)12-21-23-24-22-12/h1-6H,(H2,18,26,27)(H,21,22,23,24). The van der Waals surface area contributed by atoms with Gasteiger partial charge in [0.15, 0.2) is 0 Å². The number of nitrogens with two attached hydrogens (primary N) is 1. The van der Waals surface area contributed by atoms with Crippen molar-refractivity contribution >= 4 is 15.8 Å². The number of hydrogen-bond acceptors (Lipinski definition) is 7. The quantitative estimate of drug-likeness (QED) is 0.517. The first kappa shape index (κ1) is 18.0. The Morgan fingerprint density at radius 3 is 2.61 bits per heavy atom. The largest absolute Gasteiger partial charge is 0.433 e. The lowest BCUT2D eigenvalue weighted by atomic mass is 10.0. The van der Waals surface area contributed by atoms with E-state index in [1.165, 1.54) is 28.8 Å². The van der Waals surface area contributed by atoms with Gasteiger partial charge in [0.05, 0.1) is 22.3 Å². The lowest BCUT2D eigenvalue weighted by Crippen LogP contribution is -2.14. The molecule has 0 aliphatic heterocycles. The Morgan fingerprint density at radius 1 is 1.18 bits per heavy atom. The van der Waals surface area contributed by atoms with Crippen LogP contribution in [-0.2, 0) is 16.2 Å². The van der Waals surface area contributed by atoms with E-state index in [1.54, 1.807) is 0 Å². The fourth-order valence-corrected chi connectivity index (χ4v) is 3.46. The molecule has 4 rings (SSSR count). The van der Waals surface area contributed by atoms with E-state index < -0.39 is 21.9 Å². The highest BCUT2D eigenvalue weighted by atomic mass is 32.2. The van der Waals surface area contributed by atoms with Gasteiger partial charge in [-0.25, -0.2) is 23.5 Å². The summed E-state index contributed by atoms with van der Waals surface area (Å²) in [5.41, 5.74) is -0.544. The molecule has 4 aromatic rings. The van der Waals surface area contributed by atoms with Crippen LogP contribution in [-0.4, -0.2) is 43.4 Å². The average Bonchev–Trinajstić information content (AvgIpc) is 3.28. The summed E-state index contributed by atoms with van der Waals surface area (Å²) in [6.07, 6.45) is -2.23. The van der Waals surface area contributed by atoms with E-state index >= 15 is 0 Å². The number of imidazole rings is 1. The number of aromatic amines is 1. The van der Waals surface area contributed by atoms with Gasteiger partial charge in [-0.05, 0) is 17.3 Å². The van der Waals surface area contributed by atoms with E-state index in [0.717, 1.165) is 12.3 Å². The number of alkyl halides is 3. The van der Waals surface area contributed by atoms with Crippen LogP contribution in [0, 0.1) is 0 Å². The number of primary sulfonamides is 1. The molecule has 0 fully saturated rings. The van der Waals surface area contributed by atoms with Crippen molar-refractivity contribution in [3.8, 4) is 22.6 Å². The minimum Gasteiger partial charge on any atom is -0.284 e. The molecule has 0 bridgehead atoms. The van der Waals surface area contributed by atoms with Gasteiger partial charge in [0, 0.05) is 11.8 Å². The van der Waals surface area contributed by atoms with E-state index in [4.69, 9.17) is 5.14 Å². The molecule has 0 aliphatic rings. The summed E-state index contributed by atoms with van der Waals surface area (Å²) in [5.74, 6) is -0.278. The molecule has 0 radical (unpaired) electrons. The smallest absolute Gasteiger partial charge is 0.284 e. The van der Waals surface area contributed by atoms with Crippen molar-refractivity contribution < 1.29 is 21.6 Å². The summed E-state index contributed by atoms with van der Waals surface area (Å²) in [5, 5.41) is 18.5. The molecule has 144 valence electrons. The fourth-order valence-electron chi connectivity index (χ4n) is 2.71. The number of nitrogens with one attached hydrogen (secondary N) is 1. The van der Waals surface area contributed by atoms with Gasteiger partial charge in [-0.1, -0.05) is 12.1 Å². The Kier molecular flexibility index (Phi) is 3.90. The van der Waals surface area contributed by atoms with Crippen molar-refractivity contribution in [2.24, 2.45) is 5.14 Å². The highest BCUT2D eigenvalue weighted by molar-refractivity contribution is 7.89. The molecule has 0 aliphatic carbocycles. The Bertz CT molecular complexity index is 1280. The monoisotopic (exact) mass is 410 g/mol. The van der Waals surface area contributed by atoms with Crippen LogP contribution in [0.1, 0.15) is 5.69 Å². The lowest BCUT2D eigenvalue weighted by Gasteiger charge is -2.11. The van der Waals surface area contributed by atoms with E-state index in [0.29, 0.717) is 0 Å². The molecule has 0 spiro atoms. The molecule has 0 unspecified atom stereocenters. The molecule has 0 atom stereocenters. The second-order valence-corrected chi connectivity index (χ2v) is 7.11. The number of H-pyrrole nitrogens is 1. The zero-order valence-corrected chi connectivity index (χ0v) is 14.4. The molecule has 0 amide bonds. The molecule has 3 heterocycles. The van der Waals surface area contributed by atoms with Crippen LogP contribution in [0.4, 0.5) is 13.2 Å². The molecule has 1 aromatic carbocycles. The zero-order chi connectivity index (χ0) is 20.1. The van der Waals surface area contributed by atoms with Crippen LogP contribution in [0.2, 0.25) is 0 Å². The summed E-state index contributed by atoms with van der Waals surface area (Å²) in [4.78, 5) is 7.10. The number of sulfonamides is 1. The fraction of sp³-hybridized carbons (Fsp3) is 0.0714. The topological polar surface area (TPSA) is 145 Å². The summed E-state index contributed by atoms with van der Waals surface area (Å²) >= 11 is 0. The second kappa shape index (κ2) is 6.07. The van der Waals surface area contributed by atoms with Gasteiger partial charge in [0.2, 0.25) is 21.6 Å². The molecular formula is C14H9F3N8O2S. The van der Waals surface area contributed by atoms with Crippen LogP contribution in [0.3, 0.4) is 0 Å². The van der Waals surface area contributed by atoms with Crippen LogP contribution in [0.25, 0.3) is 28.4 Å². The second-order valence-electron chi connectivity index (χ2n) is 5.58. The number of nitrogens with zero attached hydrogens (tertiary/aromatic N) is 6. The predicted octanol–water partition coefficient (Wildman–Crippen LogP) is 1.24.